The molecule has 0 spiro atoms. The highest BCUT2D eigenvalue weighted by atomic mass is 32.2. The summed E-state index contributed by atoms with van der Waals surface area (Å²) in [5.41, 5.74) is 5.16. The van der Waals surface area contributed by atoms with Crippen LogP contribution in [0.2, 0.25) is 0 Å². The molecule has 9 heteroatoms. The van der Waals surface area contributed by atoms with Crippen molar-refractivity contribution in [3.8, 4) is 11.5 Å². The molecule has 1 amide bonds. The Bertz CT molecular complexity index is 1020. The van der Waals surface area contributed by atoms with Gasteiger partial charge in [0.05, 0.1) is 32.4 Å². The third kappa shape index (κ3) is 5.71. The van der Waals surface area contributed by atoms with Crippen molar-refractivity contribution >= 4 is 27.8 Å². The standard InChI is InChI=1S/C20H25N3O5S/c1-14-9-10-17(15(2)11-14)23(29(5,25)26)13-19(24)22-21-12-16-7-6-8-18(27-3)20(16)28-4/h6-12H,13H2,1-5H3,(H,22,24)/b21-12-. The smallest absolute Gasteiger partial charge is 0.260 e. The summed E-state index contributed by atoms with van der Waals surface area (Å²) >= 11 is 0. The lowest BCUT2D eigenvalue weighted by molar-refractivity contribution is -0.119. The minimum Gasteiger partial charge on any atom is -0.493 e. The number of benzene rings is 2. The highest BCUT2D eigenvalue weighted by molar-refractivity contribution is 7.92. The molecule has 0 fully saturated rings. The number of anilines is 1. The van der Waals surface area contributed by atoms with Crippen LogP contribution < -0.4 is 19.2 Å². The second kappa shape index (κ2) is 9.42. The fourth-order valence-corrected chi connectivity index (χ4v) is 3.73. The number of rotatable bonds is 8. The predicted octanol–water partition coefficient (Wildman–Crippen LogP) is 2.24. The largest absolute Gasteiger partial charge is 0.493 e. The first-order chi connectivity index (χ1) is 13.7. The first-order valence-corrected chi connectivity index (χ1v) is 10.6. The van der Waals surface area contributed by atoms with Crippen LogP contribution in [-0.4, -0.2) is 47.6 Å². The van der Waals surface area contributed by atoms with Crippen molar-refractivity contribution in [2.75, 3.05) is 31.3 Å². The van der Waals surface area contributed by atoms with E-state index in [0.29, 0.717) is 22.7 Å². The minimum atomic E-state index is -3.66. The lowest BCUT2D eigenvalue weighted by Crippen LogP contribution is -2.39. The summed E-state index contributed by atoms with van der Waals surface area (Å²) in [5.74, 6) is 0.426. The summed E-state index contributed by atoms with van der Waals surface area (Å²) in [7, 11) is -0.638. The van der Waals surface area contributed by atoms with Crippen molar-refractivity contribution in [2.45, 2.75) is 13.8 Å². The summed E-state index contributed by atoms with van der Waals surface area (Å²) in [5, 5.41) is 3.91. The Morgan fingerprint density at radius 1 is 1.17 bits per heavy atom. The lowest BCUT2D eigenvalue weighted by atomic mass is 10.1. The molecule has 0 unspecified atom stereocenters. The zero-order chi connectivity index (χ0) is 21.6. The van der Waals surface area contributed by atoms with Crippen LogP contribution in [0, 0.1) is 13.8 Å². The summed E-state index contributed by atoms with van der Waals surface area (Å²) in [4.78, 5) is 12.3. The number of aryl methyl sites for hydroxylation is 2. The first kappa shape index (κ1) is 22.2. The van der Waals surface area contributed by atoms with E-state index in [1.807, 2.05) is 13.0 Å². The maximum Gasteiger partial charge on any atom is 0.260 e. The zero-order valence-corrected chi connectivity index (χ0v) is 17.9. The minimum absolute atomic E-state index is 0.394. The van der Waals surface area contributed by atoms with Crippen molar-refractivity contribution in [3.05, 3.63) is 53.1 Å². The van der Waals surface area contributed by atoms with Gasteiger partial charge in [-0.2, -0.15) is 5.10 Å². The zero-order valence-electron chi connectivity index (χ0n) is 17.1. The van der Waals surface area contributed by atoms with Crippen molar-refractivity contribution < 1.29 is 22.7 Å². The summed E-state index contributed by atoms with van der Waals surface area (Å²) in [6.07, 6.45) is 2.46. The van der Waals surface area contributed by atoms with Crippen LogP contribution in [0.15, 0.2) is 41.5 Å². The fourth-order valence-electron chi connectivity index (χ4n) is 2.82. The summed E-state index contributed by atoms with van der Waals surface area (Å²) in [6, 6.07) is 10.6. The maximum absolute atomic E-state index is 12.3. The van der Waals surface area contributed by atoms with Crippen LogP contribution in [0.5, 0.6) is 11.5 Å². The van der Waals surface area contributed by atoms with E-state index < -0.39 is 22.5 Å². The number of nitrogens with zero attached hydrogens (tertiary/aromatic N) is 2. The average Bonchev–Trinajstić information content (AvgIpc) is 2.65. The SMILES string of the molecule is COc1cccc(/C=N\NC(=O)CN(c2ccc(C)cc2C)S(C)(=O)=O)c1OC. The van der Waals surface area contributed by atoms with E-state index in [1.54, 1.807) is 37.3 Å². The second-order valence-electron chi connectivity index (χ2n) is 6.44. The molecule has 2 rings (SSSR count). The monoisotopic (exact) mass is 419 g/mol. The van der Waals surface area contributed by atoms with Crippen LogP contribution in [0.3, 0.4) is 0 Å². The Balaban J connectivity index is 2.17. The number of carbonyl (C=O) groups is 1. The molecule has 0 atom stereocenters. The molecule has 156 valence electrons. The number of nitrogens with one attached hydrogen (secondary N) is 1. The Morgan fingerprint density at radius 2 is 1.90 bits per heavy atom. The van der Waals surface area contributed by atoms with Gasteiger partial charge in [0.25, 0.3) is 5.91 Å². The number of para-hydroxylation sites is 1. The molecule has 0 aliphatic rings. The van der Waals surface area contributed by atoms with E-state index in [1.165, 1.54) is 20.4 Å². The quantitative estimate of drug-likeness (QED) is 0.523. The topological polar surface area (TPSA) is 97.3 Å². The third-order valence-corrected chi connectivity index (χ3v) is 5.26. The van der Waals surface area contributed by atoms with E-state index >= 15 is 0 Å². The maximum atomic E-state index is 12.3. The highest BCUT2D eigenvalue weighted by Gasteiger charge is 2.22. The molecule has 8 nitrogen and oxygen atoms in total. The second-order valence-corrected chi connectivity index (χ2v) is 8.34. The number of sulfonamides is 1. The van der Waals surface area contributed by atoms with Gasteiger partial charge in [-0.1, -0.05) is 23.8 Å². The van der Waals surface area contributed by atoms with Crippen molar-refractivity contribution in [1.82, 2.24) is 5.43 Å². The predicted molar refractivity (Wildman–Crippen MR) is 113 cm³/mol. The van der Waals surface area contributed by atoms with Gasteiger partial charge in [0.1, 0.15) is 6.54 Å². The molecule has 29 heavy (non-hydrogen) atoms. The van der Waals surface area contributed by atoms with Crippen molar-refractivity contribution in [1.29, 1.82) is 0 Å². The van der Waals surface area contributed by atoms with Crippen LogP contribution in [-0.2, 0) is 14.8 Å². The Kier molecular flexibility index (Phi) is 7.22. The molecule has 0 saturated heterocycles. The summed E-state index contributed by atoms with van der Waals surface area (Å²) in [6.45, 7) is 3.32. The average molecular weight is 420 g/mol. The van der Waals surface area contributed by atoms with Crippen molar-refractivity contribution in [3.63, 3.8) is 0 Å². The van der Waals surface area contributed by atoms with Gasteiger partial charge in [-0.3, -0.25) is 9.10 Å². The van der Waals surface area contributed by atoms with Crippen LogP contribution in [0.25, 0.3) is 0 Å². The molecule has 0 aliphatic carbocycles. The molecular formula is C20H25N3O5S. The van der Waals surface area contributed by atoms with Gasteiger partial charge < -0.3 is 9.47 Å². The van der Waals surface area contributed by atoms with Crippen LogP contribution >= 0.6 is 0 Å². The van der Waals surface area contributed by atoms with E-state index in [-0.39, 0.29) is 0 Å². The van der Waals surface area contributed by atoms with E-state index in [4.69, 9.17) is 9.47 Å². The number of ether oxygens (including phenoxy) is 2. The van der Waals surface area contributed by atoms with Gasteiger partial charge >= 0.3 is 0 Å². The Morgan fingerprint density at radius 3 is 2.48 bits per heavy atom. The van der Waals surface area contributed by atoms with E-state index in [0.717, 1.165) is 21.7 Å². The van der Waals surface area contributed by atoms with Crippen molar-refractivity contribution in [2.24, 2.45) is 5.10 Å². The van der Waals surface area contributed by atoms with Gasteiger partial charge in [0.2, 0.25) is 10.0 Å². The first-order valence-electron chi connectivity index (χ1n) is 8.75. The van der Waals surface area contributed by atoms with Gasteiger partial charge in [-0.05, 0) is 37.6 Å². The molecule has 0 bridgehead atoms. The molecular weight excluding hydrogens is 394 g/mol. The Labute approximate surface area is 171 Å². The molecule has 0 heterocycles. The van der Waals surface area contributed by atoms with Crippen LogP contribution in [0.1, 0.15) is 16.7 Å². The van der Waals surface area contributed by atoms with Crippen LogP contribution in [0.4, 0.5) is 5.69 Å². The number of hydrazone groups is 1. The lowest BCUT2D eigenvalue weighted by Gasteiger charge is -2.23. The van der Waals surface area contributed by atoms with Gasteiger partial charge in [0, 0.05) is 5.56 Å². The molecule has 0 aromatic heterocycles. The molecule has 0 saturated carbocycles. The summed E-state index contributed by atoms with van der Waals surface area (Å²) < 4.78 is 36.0. The number of hydrogen-bond acceptors (Lipinski definition) is 6. The fraction of sp³-hybridized carbons (Fsp3) is 0.300. The van der Waals surface area contributed by atoms with E-state index in [9.17, 15) is 13.2 Å². The molecule has 1 N–H and O–H groups in total. The number of carbonyl (C=O) groups excluding carboxylic acids is 1. The molecule has 2 aromatic rings. The Hall–Kier alpha value is -3.07. The van der Waals surface area contributed by atoms with Gasteiger partial charge in [0.15, 0.2) is 11.5 Å². The number of methoxy groups -OCH3 is 2. The van der Waals surface area contributed by atoms with E-state index in [2.05, 4.69) is 10.5 Å². The molecule has 0 radical (unpaired) electrons. The normalized spacial score (nSPS) is 11.3. The number of amides is 1. The molecule has 2 aromatic carbocycles. The van der Waals surface area contributed by atoms with Gasteiger partial charge in [-0.25, -0.2) is 13.8 Å². The van der Waals surface area contributed by atoms with Gasteiger partial charge in [-0.15, -0.1) is 0 Å². The highest BCUT2D eigenvalue weighted by Crippen LogP contribution is 2.29. The number of hydrogen-bond donors (Lipinski definition) is 1. The third-order valence-electron chi connectivity index (χ3n) is 4.13. The molecule has 0 aliphatic heterocycles.